The zero-order chi connectivity index (χ0) is 18.8. The van der Waals surface area contributed by atoms with E-state index in [1.165, 1.54) is 11.7 Å². The van der Waals surface area contributed by atoms with Crippen molar-refractivity contribution in [1.82, 2.24) is 23.7 Å². The Balaban J connectivity index is 2.24. The van der Waals surface area contributed by atoms with E-state index in [-0.39, 0.29) is 36.9 Å². The van der Waals surface area contributed by atoms with Crippen molar-refractivity contribution in [2.75, 3.05) is 13.7 Å². The molecule has 26 heavy (non-hydrogen) atoms. The van der Waals surface area contributed by atoms with E-state index in [0.717, 1.165) is 15.8 Å². The second kappa shape index (κ2) is 7.12. The molecule has 3 rings (SSSR count). The number of aliphatic hydroxyl groups is 1. The van der Waals surface area contributed by atoms with E-state index in [9.17, 15) is 9.59 Å². The van der Waals surface area contributed by atoms with Gasteiger partial charge in [-0.25, -0.2) is 4.79 Å². The van der Waals surface area contributed by atoms with E-state index in [0.29, 0.717) is 6.42 Å². The maximum atomic E-state index is 12.9. The maximum absolute atomic E-state index is 12.9. The second-order valence-electron chi connectivity index (χ2n) is 6.06. The largest absolute Gasteiger partial charge is 0.468 e. The van der Waals surface area contributed by atoms with Gasteiger partial charge < -0.3 is 9.84 Å². The summed E-state index contributed by atoms with van der Waals surface area (Å²) in [4.78, 5) is 34.1. The highest BCUT2D eigenvalue weighted by Gasteiger charge is 2.21. The summed E-state index contributed by atoms with van der Waals surface area (Å²) >= 11 is 0. The van der Waals surface area contributed by atoms with Crippen LogP contribution in [-0.2, 0) is 20.1 Å². The SMILES string of the molecule is COc1nc2c(c(=O)n(CCCO)c(=O)n2C)n1Cc1ccc(C)cn1. The lowest BCUT2D eigenvalue weighted by Gasteiger charge is -2.10. The number of hydrogen-bond acceptors (Lipinski definition) is 6. The highest BCUT2D eigenvalue weighted by Crippen LogP contribution is 2.18. The van der Waals surface area contributed by atoms with Crippen LogP contribution in [0.25, 0.3) is 11.2 Å². The van der Waals surface area contributed by atoms with Crippen LogP contribution < -0.4 is 16.0 Å². The van der Waals surface area contributed by atoms with Gasteiger partial charge in [-0.3, -0.25) is 23.5 Å². The fourth-order valence-electron chi connectivity index (χ4n) is 2.83. The summed E-state index contributed by atoms with van der Waals surface area (Å²) in [6, 6.07) is 4.03. The molecular formula is C17H21N5O4. The first kappa shape index (κ1) is 17.9. The first-order chi connectivity index (χ1) is 12.5. The highest BCUT2D eigenvalue weighted by molar-refractivity contribution is 5.72. The van der Waals surface area contributed by atoms with Crippen LogP contribution in [0.2, 0.25) is 0 Å². The molecule has 0 saturated carbocycles. The molecule has 0 aliphatic heterocycles. The van der Waals surface area contributed by atoms with Crippen LogP contribution in [0.3, 0.4) is 0 Å². The Hall–Kier alpha value is -2.94. The van der Waals surface area contributed by atoms with E-state index in [1.807, 2.05) is 19.1 Å². The number of aromatic nitrogens is 5. The summed E-state index contributed by atoms with van der Waals surface area (Å²) in [7, 11) is 3.02. The van der Waals surface area contributed by atoms with E-state index in [1.54, 1.807) is 17.8 Å². The quantitative estimate of drug-likeness (QED) is 0.666. The average Bonchev–Trinajstić information content (AvgIpc) is 3.00. The van der Waals surface area contributed by atoms with Crippen molar-refractivity contribution < 1.29 is 9.84 Å². The van der Waals surface area contributed by atoms with Crippen molar-refractivity contribution in [2.24, 2.45) is 7.05 Å². The van der Waals surface area contributed by atoms with E-state index in [2.05, 4.69) is 9.97 Å². The number of ether oxygens (including phenoxy) is 1. The first-order valence-electron chi connectivity index (χ1n) is 8.24. The lowest BCUT2D eigenvalue weighted by atomic mass is 10.3. The van der Waals surface area contributed by atoms with Gasteiger partial charge in [-0.2, -0.15) is 4.98 Å². The van der Waals surface area contributed by atoms with Gasteiger partial charge in [0.15, 0.2) is 11.2 Å². The Morgan fingerprint density at radius 2 is 2.00 bits per heavy atom. The van der Waals surface area contributed by atoms with Gasteiger partial charge in [-0.05, 0) is 25.0 Å². The van der Waals surface area contributed by atoms with Gasteiger partial charge in [0.25, 0.3) is 11.6 Å². The van der Waals surface area contributed by atoms with Crippen LogP contribution >= 0.6 is 0 Å². The van der Waals surface area contributed by atoms with Gasteiger partial charge in [-0.15, -0.1) is 0 Å². The third-order valence-corrected chi connectivity index (χ3v) is 4.21. The Morgan fingerprint density at radius 3 is 2.62 bits per heavy atom. The number of nitrogens with zero attached hydrogens (tertiary/aromatic N) is 5. The van der Waals surface area contributed by atoms with Crippen LogP contribution in [0.1, 0.15) is 17.7 Å². The molecule has 0 amide bonds. The molecule has 0 unspecified atom stereocenters. The molecule has 0 saturated heterocycles. The normalized spacial score (nSPS) is 11.2. The molecule has 9 heteroatoms. The molecule has 0 spiro atoms. The van der Waals surface area contributed by atoms with Gasteiger partial charge in [-0.1, -0.05) is 6.07 Å². The Morgan fingerprint density at radius 1 is 1.23 bits per heavy atom. The molecule has 0 radical (unpaired) electrons. The molecule has 0 aromatic carbocycles. The number of methoxy groups -OCH3 is 1. The lowest BCUT2D eigenvalue weighted by molar-refractivity contribution is 0.277. The molecule has 0 atom stereocenters. The fraction of sp³-hybridized carbons (Fsp3) is 0.412. The minimum atomic E-state index is -0.475. The van der Waals surface area contributed by atoms with Gasteiger partial charge in [0.05, 0.1) is 19.3 Å². The van der Waals surface area contributed by atoms with Gasteiger partial charge in [0.2, 0.25) is 0 Å². The van der Waals surface area contributed by atoms with Crippen molar-refractivity contribution in [2.45, 2.75) is 26.4 Å². The van der Waals surface area contributed by atoms with E-state index in [4.69, 9.17) is 9.84 Å². The van der Waals surface area contributed by atoms with E-state index < -0.39 is 11.2 Å². The number of aryl methyl sites for hydroxylation is 2. The summed E-state index contributed by atoms with van der Waals surface area (Å²) in [5.41, 5.74) is 1.36. The Labute approximate surface area is 149 Å². The third kappa shape index (κ3) is 3.01. The molecule has 0 bridgehead atoms. The van der Waals surface area contributed by atoms with Gasteiger partial charge in [0, 0.05) is 26.4 Å². The Kier molecular flexibility index (Phi) is 4.90. The molecule has 3 aromatic heterocycles. The number of imidazole rings is 1. The summed E-state index contributed by atoms with van der Waals surface area (Å²) in [5, 5.41) is 9.04. The highest BCUT2D eigenvalue weighted by atomic mass is 16.5. The fourth-order valence-corrected chi connectivity index (χ4v) is 2.83. The predicted octanol–water partition coefficient (Wildman–Crippen LogP) is 0.0394. The first-order valence-corrected chi connectivity index (χ1v) is 8.24. The lowest BCUT2D eigenvalue weighted by Crippen LogP contribution is -2.39. The van der Waals surface area contributed by atoms with Gasteiger partial charge >= 0.3 is 5.69 Å². The van der Waals surface area contributed by atoms with Crippen LogP contribution in [0.15, 0.2) is 27.9 Å². The summed E-state index contributed by atoms with van der Waals surface area (Å²) in [6.07, 6.45) is 2.06. The molecule has 0 aliphatic carbocycles. The minimum Gasteiger partial charge on any atom is -0.468 e. The standard InChI is InChI=1S/C17H21N5O4/c1-11-5-6-12(18-9-11)10-22-13-14(19-16(22)26-3)20(2)17(25)21(15(13)24)7-4-8-23/h5-6,9,23H,4,7-8,10H2,1-3H3. The molecular weight excluding hydrogens is 338 g/mol. The van der Waals surface area contributed by atoms with Crippen molar-refractivity contribution in [3.63, 3.8) is 0 Å². The number of fused-ring (bicyclic) bond motifs is 1. The monoisotopic (exact) mass is 359 g/mol. The van der Waals surface area contributed by atoms with Crippen LogP contribution in [0, 0.1) is 6.92 Å². The van der Waals surface area contributed by atoms with Crippen molar-refractivity contribution >= 4 is 11.2 Å². The van der Waals surface area contributed by atoms with Crippen molar-refractivity contribution in [3.8, 4) is 6.01 Å². The number of rotatable bonds is 6. The maximum Gasteiger partial charge on any atom is 0.332 e. The molecule has 3 heterocycles. The average molecular weight is 359 g/mol. The minimum absolute atomic E-state index is 0.108. The van der Waals surface area contributed by atoms with Crippen molar-refractivity contribution in [3.05, 3.63) is 50.4 Å². The summed E-state index contributed by atoms with van der Waals surface area (Å²) < 4.78 is 9.36. The molecule has 3 aromatic rings. The van der Waals surface area contributed by atoms with Crippen LogP contribution in [-0.4, -0.2) is 42.5 Å². The zero-order valence-electron chi connectivity index (χ0n) is 15.0. The second-order valence-corrected chi connectivity index (χ2v) is 6.06. The molecule has 0 aliphatic rings. The van der Waals surface area contributed by atoms with Crippen molar-refractivity contribution in [1.29, 1.82) is 0 Å². The number of pyridine rings is 1. The smallest absolute Gasteiger partial charge is 0.332 e. The zero-order valence-corrected chi connectivity index (χ0v) is 15.0. The summed E-state index contributed by atoms with van der Waals surface area (Å²) in [6.45, 7) is 2.25. The number of aliphatic hydroxyl groups excluding tert-OH is 1. The molecule has 1 N–H and O–H groups in total. The molecule has 0 fully saturated rings. The topological polar surface area (TPSA) is 104 Å². The number of hydrogen-bond donors (Lipinski definition) is 1. The van der Waals surface area contributed by atoms with E-state index >= 15 is 0 Å². The molecule has 9 nitrogen and oxygen atoms in total. The van der Waals surface area contributed by atoms with Crippen LogP contribution in [0.5, 0.6) is 6.01 Å². The molecule has 138 valence electrons. The Bertz CT molecular complexity index is 1050. The third-order valence-electron chi connectivity index (χ3n) is 4.21. The van der Waals surface area contributed by atoms with Crippen LogP contribution in [0.4, 0.5) is 0 Å². The predicted molar refractivity (Wildman–Crippen MR) is 95.6 cm³/mol. The van der Waals surface area contributed by atoms with Gasteiger partial charge in [0.1, 0.15) is 0 Å². The summed E-state index contributed by atoms with van der Waals surface area (Å²) in [5.74, 6) is 0.